The SMILES string of the molecule is CC(C)(C)OC(=O)N1CCC[C@H]1c1nc2cccc(C(=O)NCC(=O)c3cccc(N)c3)c2[nH]1. The van der Waals surface area contributed by atoms with Gasteiger partial charge < -0.3 is 20.8 Å². The maximum Gasteiger partial charge on any atom is 0.410 e. The smallest absolute Gasteiger partial charge is 0.410 e. The molecule has 1 aromatic heterocycles. The zero-order valence-corrected chi connectivity index (χ0v) is 19.6. The Morgan fingerprint density at radius 1 is 1.21 bits per heavy atom. The number of imidazole rings is 1. The predicted octanol–water partition coefficient (Wildman–Crippen LogP) is 3.83. The molecule has 2 aromatic carbocycles. The summed E-state index contributed by atoms with van der Waals surface area (Å²) in [5.74, 6) is -0.0278. The second-order valence-electron chi connectivity index (χ2n) is 9.38. The van der Waals surface area contributed by atoms with E-state index in [0.717, 1.165) is 12.8 Å². The van der Waals surface area contributed by atoms with Gasteiger partial charge in [0.1, 0.15) is 11.4 Å². The zero-order valence-electron chi connectivity index (χ0n) is 19.6. The van der Waals surface area contributed by atoms with Crippen molar-refractivity contribution in [1.29, 1.82) is 0 Å². The van der Waals surface area contributed by atoms with E-state index in [1.54, 1.807) is 47.4 Å². The topological polar surface area (TPSA) is 130 Å². The molecule has 0 aliphatic carbocycles. The number of likely N-dealkylation sites (tertiary alicyclic amines) is 1. The summed E-state index contributed by atoms with van der Waals surface area (Å²) in [5, 5.41) is 2.68. The molecule has 0 bridgehead atoms. The minimum Gasteiger partial charge on any atom is -0.444 e. The normalized spacial score (nSPS) is 16.0. The van der Waals surface area contributed by atoms with Crippen molar-refractivity contribution in [3.05, 3.63) is 59.4 Å². The van der Waals surface area contributed by atoms with Crippen molar-refractivity contribution in [2.24, 2.45) is 0 Å². The Morgan fingerprint density at radius 3 is 2.71 bits per heavy atom. The maximum absolute atomic E-state index is 12.9. The second-order valence-corrected chi connectivity index (χ2v) is 9.38. The molecule has 178 valence electrons. The molecule has 4 rings (SSSR count). The van der Waals surface area contributed by atoms with E-state index in [1.165, 1.54) is 0 Å². The molecule has 3 aromatic rings. The van der Waals surface area contributed by atoms with Crippen LogP contribution in [0.2, 0.25) is 0 Å². The summed E-state index contributed by atoms with van der Waals surface area (Å²) in [4.78, 5) is 47.6. The van der Waals surface area contributed by atoms with Gasteiger partial charge in [0.2, 0.25) is 0 Å². The molecule has 9 heteroatoms. The quantitative estimate of drug-likeness (QED) is 0.389. The van der Waals surface area contributed by atoms with E-state index >= 15 is 0 Å². The number of ketones is 1. The summed E-state index contributed by atoms with van der Waals surface area (Å²) in [6.45, 7) is 5.92. The Hall–Kier alpha value is -3.88. The number of para-hydroxylation sites is 1. The number of aromatic nitrogens is 2. The Kier molecular flexibility index (Phi) is 6.28. The molecule has 1 fully saturated rings. The number of fused-ring (bicyclic) bond motifs is 1. The predicted molar refractivity (Wildman–Crippen MR) is 129 cm³/mol. The maximum atomic E-state index is 12.9. The van der Waals surface area contributed by atoms with E-state index in [2.05, 4.69) is 15.3 Å². The number of Topliss-reactive ketones (excluding diaryl/α,β-unsaturated/α-hetero) is 1. The number of rotatable bonds is 5. The Labute approximate surface area is 197 Å². The molecule has 1 aliphatic heterocycles. The second kappa shape index (κ2) is 9.17. The van der Waals surface area contributed by atoms with E-state index in [0.29, 0.717) is 40.2 Å². The number of amides is 2. The molecule has 2 amide bonds. The molecule has 0 radical (unpaired) electrons. The molecule has 4 N–H and O–H groups in total. The third kappa shape index (κ3) is 5.03. The Morgan fingerprint density at radius 2 is 1.97 bits per heavy atom. The van der Waals surface area contributed by atoms with E-state index in [9.17, 15) is 14.4 Å². The first kappa shape index (κ1) is 23.3. The summed E-state index contributed by atoms with van der Waals surface area (Å²) in [7, 11) is 0. The largest absolute Gasteiger partial charge is 0.444 e. The first-order chi connectivity index (χ1) is 16.1. The van der Waals surface area contributed by atoms with Crippen LogP contribution in [0.15, 0.2) is 42.5 Å². The summed E-state index contributed by atoms with van der Waals surface area (Å²) >= 11 is 0. The number of ether oxygens (including phenoxy) is 1. The van der Waals surface area contributed by atoms with Gasteiger partial charge in [-0.3, -0.25) is 14.5 Å². The molecule has 9 nitrogen and oxygen atoms in total. The van der Waals surface area contributed by atoms with Gasteiger partial charge in [0.05, 0.1) is 29.2 Å². The van der Waals surface area contributed by atoms with Gasteiger partial charge in [0.15, 0.2) is 5.78 Å². The molecule has 1 aliphatic rings. The highest BCUT2D eigenvalue weighted by Gasteiger charge is 2.35. The number of nitrogens with zero attached hydrogens (tertiary/aromatic N) is 2. The number of carbonyl (C=O) groups is 3. The molecule has 1 atom stereocenters. The van der Waals surface area contributed by atoms with Crippen LogP contribution in [-0.4, -0.2) is 51.3 Å². The van der Waals surface area contributed by atoms with E-state index in [-0.39, 0.29) is 24.5 Å². The number of hydrogen-bond donors (Lipinski definition) is 3. The van der Waals surface area contributed by atoms with Crippen LogP contribution >= 0.6 is 0 Å². The molecular formula is C25H29N5O4. The standard InChI is InChI=1S/C25H29N5O4/c1-25(2,3)34-24(33)30-12-6-11-19(30)22-28-18-10-5-9-17(21(18)29-22)23(32)27-14-20(31)15-7-4-8-16(26)13-15/h4-5,7-10,13,19H,6,11-12,14,26H2,1-3H3,(H,27,32)(H,28,29)/t19-/m0/s1. The van der Waals surface area contributed by atoms with Gasteiger partial charge in [-0.15, -0.1) is 0 Å². The monoisotopic (exact) mass is 463 g/mol. The minimum absolute atomic E-state index is 0.158. The molecule has 0 saturated carbocycles. The van der Waals surface area contributed by atoms with E-state index in [4.69, 9.17) is 10.5 Å². The molecular weight excluding hydrogens is 434 g/mol. The van der Waals surface area contributed by atoms with Gasteiger partial charge in [0.25, 0.3) is 5.91 Å². The number of hydrogen-bond acceptors (Lipinski definition) is 6. The first-order valence-electron chi connectivity index (χ1n) is 11.3. The van der Waals surface area contributed by atoms with Crippen molar-refractivity contribution in [3.63, 3.8) is 0 Å². The highest BCUT2D eigenvalue weighted by Crippen LogP contribution is 2.33. The van der Waals surface area contributed by atoms with Gasteiger partial charge in [0, 0.05) is 17.8 Å². The van der Waals surface area contributed by atoms with Crippen molar-refractivity contribution >= 4 is 34.5 Å². The fourth-order valence-electron chi connectivity index (χ4n) is 4.06. The van der Waals surface area contributed by atoms with Crippen molar-refractivity contribution in [1.82, 2.24) is 20.2 Å². The highest BCUT2D eigenvalue weighted by molar-refractivity contribution is 6.07. The van der Waals surface area contributed by atoms with Crippen molar-refractivity contribution in [3.8, 4) is 0 Å². The number of benzene rings is 2. The van der Waals surface area contributed by atoms with Crippen LogP contribution in [0.1, 0.15) is 66.2 Å². The Bertz CT molecular complexity index is 1240. The van der Waals surface area contributed by atoms with Crippen LogP contribution in [0, 0.1) is 0 Å². The van der Waals surface area contributed by atoms with Crippen LogP contribution in [0.5, 0.6) is 0 Å². The molecule has 34 heavy (non-hydrogen) atoms. The number of nitrogens with two attached hydrogens (primary N) is 1. The third-order valence-electron chi connectivity index (χ3n) is 5.60. The van der Waals surface area contributed by atoms with Crippen LogP contribution in [0.4, 0.5) is 10.5 Å². The summed E-state index contributed by atoms with van der Waals surface area (Å²) in [6, 6.07) is 11.6. The molecule has 0 spiro atoms. The van der Waals surface area contributed by atoms with Crippen molar-refractivity contribution in [2.75, 3.05) is 18.8 Å². The number of nitrogen functional groups attached to an aromatic ring is 1. The summed E-state index contributed by atoms with van der Waals surface area (Å²) in [6.07, 6.45) is 1.20. The number of nitrogens with one attached hydrogen (secondary N) is 2. The molecule has 1 saturated heterocycles. The number of carbonyl (C=O) groups excluding carboxylic acids is 3. The molecule has 0 unspecified atom stereocenters. The fourth-order valence-corrected chi connectivity index (χ4v) is 4.06. The lowest BCUT2D eigenvalue weighted by atomic mass is 10.1. The number of anilines is 1. The van der Waals surface area contributed by atoms with Gasteiger partial charge >= 0.3 is 6.09 Å². The van der Waals surface area contributed by atoms with Crippen LogP contribution < -0.4 is 11.1 Å². The van der Waals surface area contributed by atoms with Gasteiger partial charge in [-0.2, -0.15) is 0 Å². The minimum atomic E-state index is -0.591. The van der Waals surface area contributed by atoms with Crippen molar-refractivity contribution in [2.45, 2.75) is 45.3 Å². The van der Waals surface area contributed by atoms with Crippen LogP contribution in [0.3, 0.4) is 0 Å². The van der Waals surface area contributed by atoms with Crippen LogP contribution in [-0.2, 0) is 4.74 Å². The highest BCUT2D eigenvalue weighted by atomic mass is 16.6. The Balaban J connectivity index is 1.52. The zero-order chi connectivity index (χ0) is 24.5. The first-order valence-corrected chi connectivity index (χ1v) is 11.3. The van der Waals surface area contributed by atoms with Gasteiger partial charge in [-0.25, -0.2) is 9.78 Å². The third-order valence-corrected chi connectivity index (χ3v) is 5.60. The van der Waals surface area contributed by atoms with E-state index in [1.807, 2.05) is 20.8 Å². The molecule has 2 heterocycles. The lowest BCUT2D eigenvalue weighted by molar-refractivity contribution is 0.0218. The average molecular weight is 464 g/mol. The van der Waals surface area contributed by atoms with Gasteiger partial charge in [-0.05, 0) is 57.9 Å². The lowest BCUT2D eigenvalue weighted by Crippen LogP contribution is -2.36. The van der Waals surface area contributed by atoms with Gasteiger partial charge in [-0.1, -0.05) is 18.2 Å². The lowest BCUT2D eigenvalue weighted by Gasteiger charge is -2.27. The average Bonchev–Trinajstić information content (AvgIpc) is 3.42. The number of H-pyrrole nitrogens is 1. The van der Waals surface area contributed by atoms with Crippen molar-refractivity contribution < 1.29 is 19.1 Å². The number of aromatic amines is 1. The van der Waals surface area contributed by atoms with E-state index < -0.39 is 11.5 Å². The summed E-state index contributed by atoms with van der Waals surface area (Å²) in [5.41, 5.74) is 7.61. The summed E-state index contributed by atoms with van der Waals surface area (Å²) < 4.78 is 5.55. The van der Waals surface area contributed by atoms with Crippen LogP contribution in [0.25, 0.3) is 11.0 Å². The fraction of sp³-hybridized carbons (Fsp3) is 0.360.